The van der Waals surface area contributed by atoms with E-state index in [1.807, 2.05) is 29.7 Å². The Balaban J connectivity index is 2.21. The van der Waals surface area contributed by atoms with E-state index < -0.39 is 0 Å². The molecule has 1 fully saturated rings. The smallest absolute Gasteiger partial charge is 0.234 e. The molecule has 0 unspecified atom stereocenters. The average Bonchev–Trinajstić information content (AvgIpc) is 2.50. The molecule has 17 heavy (non-hydrogen) atoms. The maximum absolute atomic E-state index is 12.4. The molecule has 1 aromatic carbocycles. The summed E-state index contributed by atoms with van der Waals surface area (Å²) in [6, 6.07) is 8.19. The van der Waals surface area contributed by atoms with E-state index >= 15 is 0 Å². The summed E-state index contributed by atoms with van der Waals surface area (Å²) in [7, 11) is 0. The summed E-state index contributed by atoms with van der Waals surface area (Å²) in [5.41, 5.74) is 3.40. The van der Waals surface area contributed by atoms with Gasteiger partial charge < -0.3 is 0 Å². The van der Waals surface area contributed by atoms with Crippen LogP contribution in [0.15, 0.2) is 24.3 Å². The predicted molar refractivity (Wildman–Crippen MR) is 69.4 cm³/mol. The normalized spacial score (nSPS) is 16.1. The lowest BCUT2D eigenvalue weighted by Gasteiger charge is -2.25. The van der Waals surface area contributed by atoms with Crippen LogP contribution in [0, 0.1) is 19.8 Å². The van der Waals surface area contributed by atoms with Crippen LogP contribution < -0.4 is 0 Å². The molecule has 1 aromatic heterocycles. The second-order valence-electron chi connectivity index (χ2n) is 5.03. The fraction of sp³-hybridized carbons (Fsp3) is 0.400. The van der Waals surface area contributed by atoms with Gasteiger partial charge in [0.1, 0.15) is 0 Å². The number of hydrogen-bond donors (Lipinski definition) is 0. The van der Waals surface area contributed by atoms with Gasteiger partial charge >= 0.3 is 0 Å². The second kappa shape index (κ2) is 3.73. The molecule has 0 radical (unpaired) electrons. The van der Waals surface area contributed by atoms with E-state index in [0.29, 0.717) is 0 Å². The van der Waals surface area contributed by atoms with Crippen LogP contribution in [0.5, 0.6) is 0 Å². The molecular weight excluding hydrogens is 210 g/mol. The first-order valence-corrected chi connectivity index (χ1v) is 6.31. The van der Waals surface area contributed by atoms with Crippen molar-refractivity contribution in [2.45, 2.75) is 33.1 Å². The van der Waals surface area contributed by atoms with Crippen LogP contribution in [0.3, 0.4) is 0 Å². The van der Waals surface area contributed by atoms with Gasteiger partial charge in [0.15, 0.2) is 0 Å². The number of fused-ring (bicyclic) bond motifs is 1. The van der Waals surface area contributed by atoms with Gasteiger partial charge in [-0.3, -0.25) is 9.36 Å². The minimum atomic E-state index is 0.254. The lowest BCUT2D eigenvalue weighted by molar-refractivity contribution is 0.0768. The maximum atomic E-state index is 12.4. The van der Waals surface area contributed by atoms with E-state index in [1.165, 1.54) is 17.4 Å². The molecule has 2 heteroatoms. The summed E-state index contributed by atoms with van der Waals surface area (Å²) in [6.07, 6.45) is 3.32. The van der Waals surface area contributed by atoms with Crippen LogP contribution in [-0.2, 0) is 0 Å². The summed E-state index contributed by atoms with van der Waals surface area (Å²) in [5.74, 6) is 0.543. The zero-order valence-electron chi connectivity index (χ0n) is 10.4. The number of aryl methyl sites for hydroxylation is 1. The molecule has 1 aliphatic rings. The number of carbonyl (C=O) groups is 1. The SMILES string of the molecule is Cc1c(C)n(C(=O)C2CCC2)c2ccccc12. The summed E-state index contributed by atoms with van der Waals surface area (Å²) >= 11 is 0. The summed E-state index contributed by atoms with van der Waals surface area (Å²) in [5, 5.41) is 1.21. The Kier molecular flexibility index (Phi) is 2.32. The number of hydrogen-bond acceptors (Lipinski definition) is 1. The molecule has 0 aliphatic heterocycles. The van der Waals surface area contributed by atoms with Gasteiger partial charge in [0.05, 0.1) is 5.52 Å². The highest BCUT2D eigenvalue weighted by molar-refractivity contribution is 5.96. The largest absolute Gasteiger partial charge is 0.284 e. The second-order valence-corrected chi connectivity index (χ2v) is 5.03. The van der Waals surface area contributed by atoms with Gasteiger partial charge in [-0.1, -0.05) is 24.6 Å². The molecule has 0 spiro atoms. The van der Waals surface area contributed by atoms with Gasteiger partial charge in [0.25, 0.3) is 0 Å². The molecule has 2 nitrogen and oxygen atoms in total. The van der Waals surface area contributed by atoms with Gasteiger partial charge in [-0.05, 0) is 38.3 Å². The molecule has 0 atom stereocenters. The highest BCUT2D eigenvalue weighted by atomic mass is 16.2. The van der Waals surface area contributed by atoms with Crippen molar-refractivity contribution in [3.63, 3.8) is 0 Å². The van der Waals surface area contributed by atoms with Crippen LogP contribution in [0.4, 0.5) is 0 Å². The van der Waals surface area contributed by atoms with E-state index in [1.54, 1.807) is 0 Å². The molecule has 3 rings (SSSR count). The van der Waals surface area contributed by atoms with Gasteiger partial charge in [-0.15, -0.1) is 0 Å². The first-order chi connectivity index (χ1) is 8.20. The van der Waals surface area contributed by atoms with Crippen LogP contribution in [0.2, 0.25) is 0 Å². The van der Waals surface area contributed by atoms with E-state index in [2.05, 4.69) is 13.0 Å². The molecule has 0 amide bonds. The number of para-hydroxylation sites is 1. The quantitative estimate of drug-likeness (QED) is 0.728. The first kappa shape index (κ1) is 10.6. The monoisotopic (exact) mass is 227 g/mol. The van der Waals surface area contributed by atoms with Gasteiger partial charge in [0.2, 0.25) is 5.91 Å². The Morgan fingerprint density at radius 3 is 2.59 bits per heavy atom. The van der Waals surface area contributed by atoms with Crippen molar-refractivity contribution in [3.05, 3.63) is 35.5 Å². The highest BCUT2D eigenvalue weighted by Gasteiger charge is 2.28. The fourth-order valence-corrected chi connectivity index (χ4v) is 2.65. The van der Waals surface area contributed by atoms with Crippen molar-refractivity contribution < 1.29 is 4.79 Å². The molecule has 1 aliphatic carbocycles. The molecule has 0 N–H and O–H groups in total. The van der Waals surface area contributed by atoms with Crippen LogP contribution >= 0.6 is 0 Å². The van der Waals surface area contributed by atoms with Crippen molar-refractivity contribution in [2.75, 3.05) is 0 Å². The topological polar surface area (TPSA) is 22.0 Å². The Bertz CT molecular complexity index is 590. The third-order valence-corrected chi connectivity index (χ3v) is 4.10. The zero-order valence-corrected chi connectivity index (χ0v) is 10.4. The summed E-state index contributed by atoms with van der Waals surface area (Å²) in [4.78, 5) is 12.4. The highest BCUT2D eigenvalue weighted by Crippen LogP contribution is 2.32. The number of nitrogens with zero attached hydrogens (tertiary/aromatic N) is 1. The fourth-order valence-electron chi connectivity index (χ4n) is 2.65. The van der Waals surface area contributed by atoms with E-state index in [4.69, 9.17) is 0 Å². The molecule has 0 bridgehead atoms. The lowest BCUT2D eigenvalue weighted by atomic mass is 9.84. The van der Waals surface area contributed by atoms with Crippen LogP contribution in [0.25, 0.3) is 10.9 Å². The minimum Gasteiger partial charge on any atom is -0.284 e. The van der Waals surface area contributed by atoms with Crippen molar-refractivity contribution in [3.8, 4) is 0 Å². The Morgan fingerprint density at radius 2 is 1.94 bits per heavy atom. The van der Waals surface area contributed by atoms with Crippen molar-refractivity contribution in [1.29, 1.82) is 0 Å². The van der Waals surface area contributed by atoms with Crippen molar-refractivity contribution >= 4 is 16.8 Å². The third-order valence-electron chi connectivity index (χ3n) is 4.10. The average molecular weight is 227 g/mol. The van der Waals surface area contributed by atoms with Gasteiger partial charge in [-0.2, -0.15) is 0 Å². The Morgan fingerprint density at radius 1 is 1.24 bits per heavy atom. The maximum Gasteiger partial charge on any atom is 0.234 e. The molecule has 0 saturated heterocycles. The molecule has 2 aromatic rings. The van der Waals surface area contributed by atoms with Crippen molar-refractivity contribution in [2.24, 2.45) is 5.92 Å². The van der Waals surface area contributed by atoms with E-state index in [9.17, 15) is 4.79 Å². The number of rotatable bonds is 1. The number of benzene rings is 1. The number of carbonyl (C=O) groups excluding carboxylic acids is 1. The van der Waals surface area contributed by atoms with Crippen molar-refractivity contribution in [1.82, 2.24) is 4.57 Å². The minimum absolute atomic E-state index is 0.254. The molecule has 1 heterocycles. The Labute approximate surface area is 101 Å². The van der Waals surface area contributed by atoms with Crippen LogP contribution in [0.1, 0.15) is 35.3 Å². The third kappa shape index (κ3) is 1.43. The lowest BCUT2D eigenvalue weighted by Crippen LogP contribution is -2.27. The predicted octanol–water partition coefficient (Wildman–Crippen LogP) is 3.70. The summed E-state index contributed by atoms with van der Waals surface area (Å²) in [6.45, 7) is 4.15. The first-order valence-electron chi connectivity index (χ1n) is 6.31. The zero-order chi connectivity index (χ0) is 12.0. The molecule has 1 saturated carbocycles. The Hall–Kier alpha value is -1.57. The van der Waals surface area contributed by atoms with Gasteiger partial charge in [-0.25, -0.2) is 0 Å². The standard InChI is InChI=1S/C15H17NO/c1-10-11(2)16(15(17)12-6-5-7-12)14-9-4-3-8-13(10)14/h3-4,8-9,12H,5-7H2,1-2H3. The molecule has 88 valence electrons. The van der Waals surface area contributed by atoms with Gasteiger partial charge in [0, 0.05) is 17.0 Å². The number of aromatic nitrogens is 1. The molecular formula is C15H17NO. The van der Waals surface area contributed by atoms with E-state index in [0.717, 1.165) is 24.1 Å². The van der Waals surface area contributed by atoms with E-state index in [-0.39, 0.29) is 11.8 Å². The van der Waals surface area contributed by atoms with Crippen LogP contribution in [-0.4, -0.2) is 10.5 Å². The summed E-state index contributed by atoms with van der Waals surface area (Å²) < 4.78 is 1.93.